The number of nitrogens with two attached hydrogens (primary N) is 1. The molecule has 0 saturated heterocycles. The Labute approximate surface area is 97.2 Å². The number of hydrogen-bond acceptors (Lipinski definition) is 3. The minimum absolute atomic E-state index is 0.647. The molecule has 0 amide bonds. The molecule has 0 heterocycles. The molecule has 1 rings (SSSR count). The number of benzene rings is 1. The van der Waals surface area contributed by atoms with Crippen LogP contribution in [0.25, 0.3) is 0 Å². The second kappa shape index (κ2) is 5.01. The molecule has 0 fully saturated rings. The van der Waals surface area contributed by atoms with E-state index in [1.54, 1.807) is 6.92 Å². The molecule has 0 aliphatic heterocycles. The van der Waals surface area contributed by atoms with Gasteiger partial charge in [-0.1, -0.05) is 0 Å². The summed E-state index contributed by atoms with van der Waals surface area (Å²) in [6.07, 6.45) is 0. The summed E-state index contributed by atoms with van der Waals surface area (Å²) in [5, 5.41) is -0.690. The zero-order valence-electron chi connectivity index (χ0n) is 8.17. The summed E-state index contributed by atoms with van der Waals surface area (Å²) in [7, 11) is -3.49. The standard InChI is InChI=1S/C9H12N2O2SSe/c1-7(14(12,13)11-10)9(15)8-5-3-2-4-6-8/h2-7,11H,10H2,1H3. The molecule has 0 bridgehead atoms. The van der Waals surface area contributed by atoms with Gasteiger partial charge < -0.3 is 0 Å². The molecular formula is C9H12N2O2SSe. The molecule has 1 unspecified atom stereocenters. The molecule has 1 atom stereocenters. The summed E-state index contributed by atoms with van der Waals surface area (Å²) in [5.74, 6) is 4.96. The van der Waals surface area contributed by atoms with Crippen LogP contribution < -0.4 is 10.7 Å². The van der Waals surface area contributed by atoms with E-state index in [1.165, 1.54) is 0 Å². The molecule has 1 aromatic rings. The molecule has 4 nitrogen and oxygen atoms in total. The molecule has 82 valence electrons. The predicted octanol–water partition coefficient (Wildman–Crippen LogP) is -0.443. The fourth-order valence-corrected chi connectivity index (χ4v) is 2.79. The first-order valence-electron chi connectivity index (χ1n) is 4.29. The van der Waals surface area contributed by atoms with Crippen molar-refractivity contribution in [2.75, 3.05) is 0 Å². The molecule has 6 heteroatoms. The van der Waals surface area contributed by atoms with Crippen LogP contribution in [0.2, 0.25) is 0 Å². The SMILES string of the molecule is CC(C(=[Se])c1ccccc1)S(=O)(=O)NN. The van der Waals surface area contributed by atoms with E-state index in [0.29, 0.717) is 4.42 Å². The molecule has 0 radical (unpaired) electrons. The van der Waals surface area contributed by atoms with Gasteiger partial charge in [0.2, 0.25) is 0 Å². The Morgan fingerprint density at radius 1 is 1.40 bits per heavy atom. The number of nitrogens with one attached hydrogen (secondary N) is 1. The molecule has 0 saturated carbocycles. The second-order valence-corrected chi connectivity index (χ2v) is 5.99. The van der Waals surface area contributed by atoms with Gasteiger partial charge in [0.15, 0.2) is 0 Å². The monoisotopic (exact) mass is 292 g/mol. The Hall–Kier alpha value is -0.521. The maximum absolute atomic E-state index is 11.4. The van der Waals surface area contributed by atoms with Crippen molar-refractivity contribution in [2.45, 2.75) is 12.2 Å². The molecule has 1 aromatic carbocycles. The van der Waals surface area contributed by atoms with Gasteiger partial charge in [-0.05, 0) is 0 Å². The third kappa shape index (κ3) is 2.96. The van der Waals surface area contributed by atoms with Gasteiger partial charge in [-0.25, -0.2) is 0 Å². The van der Waals surface area contributed by atoms with Gasteiger partial charge in [-0.2, -0.15) is 0 Å². The molecule has 3 N–H and O–H groups in total. The predicted molar refractivity (Wildman–Crippen MR) is 62.0 cm³/mol. The van der Waals surface area contributed by atoms with E-state index >= 15 is 0 Å². The van der Waals surface area contributed by atoms with Gasteiger partial charge in [-0.3, -0.25) is 0 Å². The van der Waals surface area contributed by atoms with Crippen molar-refractivity contribution in [1.82, 2.24) is 4.83 Å². The summed E-state index contributed by atoms with van der Waals surface area (Å²) in [5.41, 5.74) is 0.851. The quantitative estimate of drug-likeness (QED) is 0.449. The normalized spacial score (nSPS) is 13.5. The van der Waals surface area contributed by atoms with Crippen molar-refractivity contribution in [3.63, 3.8) is 0 Å². The molecule has 0 aliphatic rings. The summed E-state index contributed by atoms with van der Waals surface area (Å²) < 4.78 is 23.5. The number of sulfonamides is 1. The van der Waals surface area contributed by atoms with Gasteiger partial charge >= 0.3 is 97.2 Å². The van der Waals surface area contributed by atoms with Crippen molar-refractivity contribution >= 4 is 30.0 Å². The van der Waals surface area contributed by atoms with Crippen LogP contribution in [0.3, 0.4) is 0 Å². The Morgan fingerprint density at radius 2 is 1.93 bits per heavy atom. The van der Waals surface area contributed by atoms with Crippen LogP contribution >= 0.6 is 0 Å². The zero-order valence-corrected chi connectivity index (χ0v) is 10.7. The van der Waals surface area contributed by atoms with Gasteiger partial charge in [0.1, 0.15) is 0 Å². The maximum atomic E-state index is 11.4. The summed E-state index contributed by atoms with van der Waals surface area (Å²) in [6.45, 7) is 1.58. The van der Waals surface area contributed by atoms with E-state index in [4.69, 9.17) is 5.84 Å². The van der Waals surface area contributed by atoms with Gasteiger partial charge in [0.05, 0.1) is 0 Å². The number of hydrazine groups is 1. The van der Waals surface area contributed by atoms with E-state index in [9.17, 15) is 8.42 Å². The van der Waals surface area contributed by atoms with Gasteiger partial charge in [0, 0.05) is 0 Å². The fourth-order valence-electron chi connectivity index (χ4n) is 1.08. The van der Waals surface area contributed by atoms with E-state index in [1.807, 2.05) is 35.2 Å². The first-order valence-corrected chi connectivity index (χ1v) is 6.70. The average molecular weight is 291 g/mol. The molecule has 0 aliphatic carbocycles. The number of hydrogen-bond donors (Lipinski definition) is 2. The number of rotatable bonds is 4. The first kappa shape index (κ1) is 12.5. The van der Waals surface area contributed by atoms with Crippen LogP contribution in [0.1, 0.15) is 12.5 Å². The Morgan fingerprint density at radius 3 is 2.40 bits per heavy atom. The van der Waals surface area contributed by atoms with Crippen LogP contribution in [0.15, 0.2) is 30.3 Å². The van der Waals surface area contributed by atoms with E-state index in [0.717, 1.165) is 5.56 Å². The fraction of sp³-hybridized carbons (Fsp3) is 0.222. The Kier molecular flexibility index (Phi) is 4.19. The molecule has 0 spiro atoms. The Balaban J connectivity index is 2.97. The van der Waals surface area contributed by atoms with E-state index in [2.05, 4.69) is 15.6 Å². The summed E-state index contributed by atoms with van der Waals surface area (Å²) in [6, 6.07) is 9.25. The van der Waals surface area contributed by atoms with Crippen molar-refractivity contribution in [2.24, 2.45) is 5.84 Å². The van der Waals surface area contributed by atoms with Crippen molar-refractivity contribution < 1.29 is 8.42 Å². The minimum atomic E-state index is -3.49. The Bertz CT molecular complexity index is 444. The van der Waals surface area contributed by atoms with E-state index in [-0.39, 0.29) is 0 Å². The molecular weight excluding hydrogens is 279 g/mol. The topological polar surface area (TPSA) is 72.2 Å². The zero-order chi connectivity index (χ0) is 11.5. The summed E-state index contributed by atoms with van der Waals surface area (Å²) in [4.78, 5) is 1.82. The second-order valence-electron chi connectivity index (χ2n) is 3.04. The molecule has 0 aromatic heterocycles. The average Bonchev–Trinajstić information content (AvgIpc) is 2.28. The van der Waals surface area contributed by atoms with Crippen molar-refractivity contribution in [3.05, 3.63) is 35.9 Å². The van der Waals surface area contributed by atoms with Crippen molar-refractivity contribution in [3.8, 4) is 0 Å². The van der Waals surface area contributed by atoms with Crippen LogP contribution in [-0.2, 0) is 10.0 Å². The van der Waals surface area contributed by atoms with Crippen LogP contribution in [0.5, 0.6) is 0 Å². The van der Waals surface area contributed by atoms with E-state index < -0.39 is 15.3 Å². The van der Waals surface area contributed by atoms with Crippen LogP contribution in [0.4, 0.5) is 0 Å². The first-order chi connectivity index (χ1) is 6.99. The summed E-state index contributed by atoms with van der Waals surface area (Å²) >= 11 is 2.78. The molecule has 15 heavy (non-hydrogen) atoms. The third-order valence-electron chi connectivity index (χ3n) is 2.06. The van der Waals surface area contributed by atoms with Gasteiger partial charge in [-0.15, -0.1) is 0 Å². The van der Waals surface area contributed by atoms with Gasteiger partial charge in [0.25, 0.3) is 0 Å². The van der Waals surface area contributed by atoms with Crippen molar-refractivity contribution in [1.29, 1.82) is 0 Å². The van der Waals surface area contributed by atoms with Crippen LogP contribution in [0, 0.1) is 0 Å². The third-order valence-corrected chi connectivity index (χ3v) is 5.13. The van der Waals surface area contributed by atoms with Crippen LogP contribution in [-0.4, -0.2) is 33.7 Å².